The molecule has 1 nitrogen and oxygen atoms in total. The summed E-state index contributed by atoms with van der Waals surface area (Å²) in [6.45, 7) is 16.4. The Hall–Kier alpha value is -0.0400. The second-order valence-electron chi connectivity index (χ2n) is 7.13. The lowest BCUT2D eigenvalue weighted by Gasteiger charge is -2.29. The van der Waals surface area contributed by atoms with E-state index in [-0.39, 0.29) is 0 Å². The van der Waals surface area contributed by atoms with Gasteiger partial charge in [0.05, 0.1) is 0 Å². The molecule has 0 amide bonds. The predicted octanol–water partition coefficient (Wildman–Crippen LogP) is 5.25. The zero-order valence-electron chi connectivity index (χ0n) is 13.8. The second kappa shape index (κ2) is 9.83. The van der Waals surface area contributed by atoms with Crippen LogP contribution in [0.5, 0.6) is 0 Å². The molecule has 1 heteroatoms. The van der Waals surface area contributed by atoms with Crippen molar-refractivity contribution in [1.82, 2.24) is 5.32 Å². The molecule has 0 aliphatic rings. The summed E-state index contributed by atoms with van der Waals surface area (Å²) in [5.74, 6) is 1.70. The van der Waals surface area contributed by atoms with Crippen LogP contribution in [-0.4, -0.2) is 13.1 Å². The third-order valence-electron chi connectivity index (χ3n) is 3.92. The lowest BCUT2D eigenvalue weighted by molar-refractivity contribution is 0.229. The van der Waals surface area contributed by atoms with Gasteiger partial charge in [-0.05, 0) is 43.2 Å². The van der Waals surface area contributed by atoms with Crippen molar-refractivity contribution < 1.29 is 0 Å². The van der Waals surface area contributed by atoms with Crippen LogP contribution in [0.2, 0.25) is 0 Å². The number of unbranched alkanes of at least 4 members (excludes halogenated alkanes) is 1. The van der Waals surface area contributed by atoms with Crippen molar-refractivity contribution in [2.75, 3.05) is 13.1 Å². The summed E-state index contributed by atoms with van der Waals surface area (Å²) in [4.78, 5) is 0. The van der Waals surface area contributed by atoms with Gasteiger partial charge < -0.3 is 5.32 Å². The predicted molar refractivity (Wildman–Crippen MR) is 84.0 cm³/mol. The van der Waals surface area contributed by atoms with Crippen molar-refractivity contribution in [3.05, 3.63) is 0 Å². The SMILES string of the molecule is CCCCC(CC)CC(C)(C)CCNCC(C)C. The first-order chi connectivity index (χ1) is 8.41. The van der Waals surface area contributed by atoms with Crippen LogP contribution in [0.25, 0.3) is 0 Å². The molecule has 0 bridgehead atoms. The third kappa shape index (κ3) is 9.94. The molecule has 0 aromatic carbocycles. The Balaban J connectivity index is 3.87. The number of hydrogen-bond donors (Lipinski definition) is 1. The van der Waals surface area contributed by atoms with Gasteiger partial charge in [-0.2, -0.15) is 0 Å². The fourth-order valence-electron chi connectivity index (χ4n) is 2.64. The fraction of sp³-hybridized carbons (Fsp3) is 1.00. The van der Waals surface area contributed by atoms with Crippen molar-refractivity contribution >= 4 is 0 Å². The lowest BCUT2D eigenvalue weighted by Crippen LogP contribution is -2.26. The Bertz CT molecular complexity index is 184. The van der Waals surface area contributed by atoms with Gasteiger partial charge in [-0.3, -0.25) is 0 Å². The van der Waals surface area contributed by atoms with Gasteiger partial charge in [-0.25, -0.2) is 0 Å². The van der Waals surface area contributed by atoms with E-state index in [1.807, 2.05) is 0 Å². The molecule has 0 fully saturated rings. The highest BCUT2D eigenvalue weighted by Crippen LogP contribution is 2.32. The second-order valence-corrected chi connectivity index (χ2v) is 7.13. The Labute approximate surface area is 116 Å². The maximum absolute atomic E-state index is 3.58. The number of rotatable bonds is 11. The molecule has 0 saturated carbocycles. The Morgan fingerprint density at radius 3 is 2.28 bits per heavy atom. The maximum atomic E-state index is 3.58. The van der Waals surface area contributed by atoms with Crippen molar-refractivity contribution in [3.8, 4) is 0 Å². The highest BCUT2D eigenvalue weighted by molar-refractivity contribution is 4.74. The highest BCUT2D eigenvalue weighted by atomic mass is 14.8. The van der Waals surface area contributed by atoms with E-state index in [1.54, 1.807) is 0 Å². The zero-order valence-corrected chi connectivity index (χ0v) is 13.8. The van der Waals surface area contributed by atoms with Gasteiger partial charge in [0, 0.05) is 0 Å². The van der Waals surface area contributed by atoms with E-state index in [1.165, 1.54) is 45.1 Å². The van der Waals surface area contributed by atoms with E-state index in [9.17, 15) is 0 Å². The molecular formula is C17H37N. The molecule has 1 atom stereocenters. The van der Waals surface area contributed by atoms with Gasteiger partial charge in [-0.1, -0.05) is 67.2 Å². The summed E-state index contributed by atoms with van der Waals surface area (Å²) >= 11 is 0. The molecule has 0 spiro atoms. The van der Waals surface area contributed by atoms with Crippen molar-refractivity contribution in [3.63, 3.8) is 0 Å². The molecule has 0 aromatic heterocycles. The van der Waals surface area contributed by atoms with Crippen LogP contribution in [0.3, 0.4) is 0 Å². The van der Waals surface area contributed by atoms with Crippen LogP contribution in [0.1, 0.15) is 80.1 Å². The summed E-state index contributed by atoms with van der Waals surface area (Å²) in [5.41, 5.74) is 0.498. The zero-order chi connectivity index (χ0) is 14.0. The first-order valence-corrected chi connectivity index (χ1v) is 8.12. The minimum absolute atomic E-state index is 0.498. The monoisotopic (exact) mass is 255 g/mol. The van der Waals surface area contributed by atoms with Crippen LogP contribution in [0, 0.1) is 17.3 Å². The molecule has 0 aliphatic heterocycles. The van der Waals surface area contributed by atoms with Gasteiger partial charge in [0.2, 0.25) is 0 Å². The van der Waals surface area contributed by atoms with Crippen molar-refractivity contribution in [1.29, 1.82) is 0 Å². The molecule has 0 heterocycles. The third-order valence-corrected chi connectivity index (χ3v) is 3.92. The van der Waals surface area contributed by atoms with Crippen LogP contribution in [0.15, 0.2) is 0 Å². The Kier molecular flexibility index (Phi) is 9.81. The van der Waals surface area contributed by atoms with E-state index in [2.05, 4.69) is 46.9 Å². The molecule has 0 aliphatic carbocycles. The Morgan fingerprint density at radius 2 is 1.78 bits per heavy atom. The van der Waals surface area contributed by atoms with Crippen LogP contribution < -0.4 is 5.32 Å². The average molecular weight is 255 g/mol. The van der Waals surface area contributed by atoms with E-state index in [4.69, 9.17) is 0 Å². The largest absolute Gasteiger partial charge is 0.316 e. The summed E-state index contributed by atoms with van der Waals surface area (Å²) in [6, 6.07) is 0. The van der Waals surface area contributed by atoms with Gasteiger partial charge >= 0.3 is 0 Å². The van der Waals surface area contributed by atoms with Crippen molar-refractivity contribution in [2.45, 2.75) is 80.1 Å². The average Bonchev–Trinajstić information content (AvgIpc) is 2.30. The first-order valence-electron chi connectivity index (χ1n) is 8.12. The van der Waals surface area contributed by atoms with Crippen molar-refractivity contribution in [2.24, 2.45) is 17.3 Å². The summed E-state index contributed by atoms with van der Waals surface area (Å²) < 4.78 is 0. The van der Waals surface area contributed by atoms with E-state index in [0.717, 1.165) is 18.4 Å². The topological polar surface area (TPSA) is 12.0 Å². The summed E-state index contributed by atoms with van der Waals surface area (Å²) in [6.07, 6.45) is 8.22. The van der Waals surface area contributed by atoms with Gasteiger partial charge in [-0.15, -0.1) is 0 Å². The number of hydrogen-bond acceptors (Lipinski definition) is 1. The molecular weight excluding hydrogens is 218 g/mol. The quantitative estimate of drug-likeness (QED) is 0.497. The smallest absolute Gasteiger partial charge is 0.00258 e. The van der Waals surface area contributed by atoms with E-state index >= 15 is 0 Å². The molecule has 0 saturated heterocycles. The van der Waals surface area contributed by atoms with Gasteiger partial charge in [0.1, 0.15) is 0 Å². The van der Waals surface area contributed by atoms with Gasteiger partial charge in [0.15, 0.2) is 0 Å². The van der Waals surface area contributed by atoms with Crippen LogP contribution in [0.4, 0.5) is 0 Å². The Morgan fingerprint density at radius 1 is 1.11 bits per heavy atom. The number of nitrogens with one attached hydrogen (secondary N) is 1. The minimum Gasteiger partial charge on any atom is -0.316 e. The van der Waals surface area contributed by atoms with Crippen LogP contribution >= 0.6 is 0 Å². The fourth-order valence-corrected chi connectivity index (χ4v) is 2.64. The van der Waals surface area contributed by atoms with E-state index in [0.29, 0.717) is 5.41 Å². The standard InChI is InChI=1S/C17H37N/c1-7-9-10-16(8-2)13-17(5,6)11-12-18-14-15(3)4/h15-16,18H,7-14H2,1-6H3. The normalized spacial score (nSPS) is 14.2. The summed E-state index contributed by atoms with van der Waals surface area (Å²) in [7, 11) is 0. The molecule has 1 unspecified atom stereocenters. The van der Waals surface area contributed by atoms with E-state index < -0.39 is 0 Å². The van der Waals surface area contributed by atoms with Crippen LogP contribution in [-0.2, 0) is 0 Å². The molecule has 0 aromatic rings. The van der Waals surface area contributed by atoms with Gasteiger partial charge in [0.25, 0.3) is 0 Å². The molecule has 1 N–H and O–H groups in total. The molecule has 0 radical (unpaired) electrons. The lowest BCUT2D eigenvalue weighted by atomic mass is 9.77. The maximum Gasteiger partial charge on any atom is -0.00258 e. The first kappa shape index (κ1) is 18.0. The summed E-state index contributed by atoms with van der Waals surface area (Å²) in [5, 5.41) is 3.58. The molecule has 18 heavy (non-hydrogen) atoms. The molecule has 110 valence electrons. The minimum atomic E-state index is 0.498. The highest BCUT2D eigenvalue weighted by Gasteiger charge is 2.21. The molecule has 0 rings (SSSR count).